The van der Waals surface area contributed by atoms with Gasteiger partial charge >= 0.3 is 5.97 Å². The topological polar surface area (TPSA) is 65.0 Å². The number of hydrogen-bond donors (Lipinski definition) is 1. The molecule has 0 aliphatic heterocycles. The quantitative estimate of drug-likeness (QED) is 0.838. The molecule has 0 aliphatic rings. The molecular formula is C13H17BrO5. The number of aliphatic hydroxyl groups is 1. The number of benzene rings is 1. The number of methoxy groups -OCH3 is 2. The second kappa shape index (κ2) is 6.77. The van der Waals surface area contributed by atoms with Crippen molar-refractivity contribution in [3.8, 4) is 11.5 Å². The van der Waals surface area contributed by atoms with Gasteiger partial charge in [0.1, 0.15) is 0 Å². The summed E-state index contributed by atoms with van der Waals surface area (Å²) in [5.74, 6) is 0.0672. The molecule has 0 saturated heterocycles. The zero-order valence-corrected chi connectivity index (χ0v) is 12.9. The highest BCUT2D eigenvalue weighted by Crippen LogP contribution is 2.41. The number of aliphatic hydroxyl groups excluding tert-OH is 1. The summed E-state index contributed by atoms with van der Waals surface area (Å²) >= 11 is 3.36. The number of carbonyl (C=O) groups is 1. The van der Waals surface area contributed by atoms with Crippen molar-refractivity contribution in [3.05, 3.63) is 21.7 Å². The van der Waals surface area contributed by atoms with Gasteiger partial charge < -0.3 is 19.3 Å². The average Bonchev–Trinajstić information content (AvgIpc) is 2.40. The number of carbonyl (C=O) groups excluding carboxylic acids is 1. The van der Waals surface area contributed by atoms with Crippen molar-refractivity contribution in [2.24, 2.45) is 0 Å². The maximum Gasteiger partial charge on any atom is 0.339 e. The standard InChI is InChI=1S/C13H17BrO5/c1-5-19-13(16)10(15)8-6-9(14)7(2)11(17-3)12(8)18-4/h6,10,15H,5H2,1-4H3. The second-order valence-corrected chi connectivity index (χ2v) is 4.65. The number of halogens is 1. The highest BCUT2D eigenvalue weighted by molar-refractivity contribution is 9.10. The molecule has 0 radical (unpaired) electrons. The molecule has 0 aliphatic carbocycles. The van der Waals surface area contributed by atoms with Crippen LogP contribution in [0.15, 0.2) is 10.5 Å². The Hall–Kier alpha value is -1.27. The maximum atomic E-state index is 11.6. The van der Waals surface area contributed by atoms with Gasteiger partial charge in [-0.3, -0.25) is 0 Å². The maximum absolute atomic E-state index is 11.6. The Kier molecular flexibility index (Phi) is 5.62. The van der Waals surface area contributed by atoms with E-state index >= 15 is 0 Å². The van der Waals surface area contributed by atoms with Gasteiger partial charge in [-0.05, 0) is 19.9 Å². The first-order valence-corrected chi connectivity index (χ1v) is 6.52. The zero-order chi connectivity index (χ0) is 14.6. The normalized spacial score (nSPS) is 11.9. The van der Waals surface area contributed by atoms with Crippen LogP contribution in [-0.4, -0.2) is 31.9 Å². The smallest absolute Gasteiger partial charge is 0.339 e. The minimum Gasteiger partial charge on any atom is -0.493 e. The van der Waals surface area contributed by atoms with Crippen molar-refractivity contribution in [3.63, 3.8) is 0 Å². The largest absolute Gasteiger partial charge is 0.493 e. The number of rotatable bonds is 5. The molecule has 19 heavy (non-hydrogen) atoms. The molecule has 0 saturated carbocycles. The predicted molar refractivity (Wildman–Crippen MR) is 73.6 cm³/mol. The van der Waals surface area contributed by atoms with E-state index < -0.39 is 12.1 Å². The van der Waals surface area contributed by atoms with E-state index in [1.54, 1.807) is 13.0 Å². The van der Waals surface area contributed by atoms with Crippen LogP contribution < -0.4 is 9.47 Å². The van der Waals surface area contributed by atoms with E-state index in [2.05, 4.69) is 15.9 Å². The van der Waals surface area contributed by atoms with Crippen molar-refractivity contribution in [1.82, 2.24) is 0 Å². The molecule has 0 heterocycles. The molecule has 0 spiro atoms. The predicted octanol–water partition coefficient (Wildman–Crippen LogP) is 2.37. The van der Waals surface area contributed by atoms with Gasteiger partial charge in [0, 0.05) is 15.6 Å². The fourth-order valence-corrected chi connectivity index (χ4v) is 2.15. The molecule has 1 N–H and O–H groups in total. The summed E-state index contributed by atoms with van der Waals surface area (Å²) in [4.78, 5) is 11.6. The molecule has 1 rings (SSSR count). The van der Waals surface area contributed by atoms with Crippen LogP contribution in [0.25, 0.3) is 0 Å². The lowest BCUT2D eigenvalue weighted by atomic mass is 10.0. The van der Waals surface area contributed by atoms with Crippen LogP contribution in [0.1, 0.15) is 24.2 Å². The van der Waals surface area contributed by atoms with Gasteiger partial charge in [0.25, 0.3) is 0 Å². The second-order valence-electron chi connectivity index (χ2n) is 3.79. The fraction of sp³-hybridized carbons (Fsp3) is 0.462. The lowest BCUT2D eigenvalue weighted by Gasteiger charge is -2.19. The first-order valence-electron chi connectivity index (χ1n) is 5.73. The van der Waals surface area contributed by atoms with E-state index in [1.165, 1.54) is 14.2 Å². The molecule has 0 fully saturated rings. The Morgan fingerprint density at radius 2 is 1.95 bits per heavy atom. The van der Waals surface area contributed by atoms with Crippen molar-refractivity contribution in [2.75, 3.05) is 20.8 Å². The van der Waals surface area contributed by atoms with Gasteiger partial charge in [-0.25, -0.2) is 4.79 Å². The highest BCUT2D eigenvalue weighted by Gasteiger charge is 2.26. The number of ether oxygens (including phenoxy) is 3. The Bertz CT molecular complexity index is 473. The highest BCUT2D eigenvalue weighted by atomic mass is 79.9. The van der Waals surface area contributed by atoms with E-state index in [1.807, 2.05) is 6.92 Å². The molecule has 0 amide bonds. The Morgan fingerprint density at radius 1 is 1.37 bits per heavy atom. The van der Waals surface area contributed by atoms with Gasteiger partial charge in [0.15, 0.2) is 17.6 Å². The third-order valence-electron chi connectivity index (χ3n) is 2.66. The van der Waals surface area contributed by atoms with Gasteiger partial charge in [-0.15, -0.1) is 0 Å². The molecule has 1 aromatic carbocycles. The molecule has 106 valence electrons. The molecule has 1 unspecified atom stereocenters. The van der Waals surface area contributed by atoms with Crippen molar-refractivity contribution in [2.45, 2.75) is 20.0 Å². The fourth-order valence-electron chi connectivity index (χ4n) is 1.73. The third kappa shape index (κ3) is 3.19. The summed E-state index contributed by atoms with van der Waals surface area (Å²) in [6, 6.07) is 1.62. The van der Waals surface area contributed by atoms with Crippen molar-refractivity contribution < 1.29 is 24.1 Å². The lowest BCUT2D eigenvalue weighted by Crippen LogP contribution is -2.16. The van der Waals surface area contributed by atoms with Crippen LogP contribution >= 0.6 is 15.9 Å². The molecule has 1 aromatic rings. The van der Waals surface area contributed by atoms with E-state index in [0.717, 1.165) is 5.56 Å². The molecule has 0 bridgehead atoms. The Morgan fingerprint density at radius 3 is 2.42 bits per heavy atom. The molecule has 1 atom stereocenters. The SMILES string of the molecule is CCOC(=O)C(O)c1cc(Br)c(C)c(OC)c1OC. The Balaban J connectivity index is 3.34. The van der Waals surface area contributed by atoms with Crippen LogP contribution in [0.3, 0.4) is 0 Å². The van der Waals surface area contributed by atoms with E-state index in [9.17, 15) is 9.90 Å². The number of hydrogen-bond acceptors (Lipinski definition) is 5. The summed E-state index contributed by atoms with van der Waals surface area (Å²) in [5.41, 5.74) is 1.12. The average molecular weight is 333 g/mol. The first-order chi connectivity index (χ1) is 8.97. The molecule has 6 heteroatoms. The molecule has 0 aromatic heterocycles. The minimum absolute atomic E-state index is 0.197. The minimum atomic E-state index is -1.42. The van der Waals surface area contributed by atoms with Crippen LogP contribution in [0.4, 0.5) is 0 Å². The zero-order valence-electron chi connectivity index (χ0n) is 11.3. The molecule has 5 nitrogen and oxygen atoms in total. The monoisotopic (exact) mass is 332 g/mol. The summed E-state index contributed by atoms with van der Waals surface area (Å²) in [5, 5.41) is 10.0. The summed E-state index contributed by atoms with van der Waals surface area (Å²) in [7, 11) is 2.95. The van der Waals surface area contributed by atoms with Crippen molar-refractivity contribution in [1.29, 1.82) is 0 Å². The van der Waals surface area contributed by atoms with E-state index in [4.69, 9.17) is 14.2 Å². The van der Waals surface area contributed by atoms with E-state index in [0.29, 0.717) is 21.5 Å². The van der Waals surface area contributed by atoms with Crippen LogP contribution in [0.2, 0.25) is 0 Å². The number of esters is 1. The summed E-state index contributed by atoms with van der Waals surface area (Å²) in [6.45, 7) is 3.71. The van der Waals surface area contributed by atoms with Crippen molar-refractivity contribution >= 4 is 21.9 Å². The first kappa shape index (κ1) is 15.8. The summed E-state index contributed by atoms with van der Waals surface area (Å²) in [6.07, 6.45) is -1.42. The third-order valence-corrected chi connectivity index (χ3v) is 3.49. The van der Waals surface area contributed by atoms with Gasteiger partial charge in [0.2, 0.25) is 0 Å². The van der Waals surface area contributed by atoms with Crippen LogP contribution in [0, 0.1) is 6.92 Å². The van der Waals surface area contributed by atoms with Gasteiger partial charge in [0.05, 0.1) is 20.8 Å². The Labute approximate surface area is 120 Å². The van der Waals surface area contributed by atoms with Gasteiger partial charge in [-0.1, -0.05) is 15.9 Å². The molecular weight excluding hydrogens is 316 g/mol. The van der Waals surface area contributed by atoms with Crippen LogP contribution in [0.5, 0.6) is 11.5 Å². The van der Waals surface area contributed by atoms with E-state index in [-0.39, 0.29) is 6.61 Å². The lowest BCUT2D eigenvalue weighted by molar-refractivity contribution is -0.153. The summed E-state index contributed by atoms with van der Waals surface area (Å²) < 4.78 is 16.0. The van der Waals surface area contributed by atoms with Gasteiger partial charge in [-0.2, -0.15) is 0 Å². The van der Waals surface area contributed by atoms with Crippen LogP contribution in [-0.2, 0) is 9.53 Å².